The molecule has 2 rings (SSSR count). The molecule has 7 heteroatoms. The minimum atomic E-state index is -0.566. The Morgan fingerprint density at radius 3 is 2.77 bits per heavy atom. The van der Waals surface area contributed by atoms with E-state index in [1.165, 1.54) is 11.8 Å². The fourth-order valence-corrected chi connectivity index (χ4v) is 3.80. The van der Waals surface area contributed by atoms with Crippen molar-refractivity contribution in [2.24, 2.45) is 0 Å². The van der Waals surface area contributed by atoms with Crippen molar-refractivity contribution in [2.45, 2.75) is 18.1 Å². The summed E-state index contributed by atoms with van der Waals surface area (Å²) >= 11 is 13.8. The molecule has 0 amide bonds. The van der Waals surface area contributed by atoms with Crippen LogP contribution in [0, 0.1) is 0 Å². The standard InChI is InChI=1S/C15H16Cl2N2O2S/c1-3-21-15(20)12(14-18-6-7-19-14)13(22-2)10-5-4-9(16)8-11(10)17/h4-8,12-13H,3H2,1-2H3,(H,18,19). The lowest BCUT2D eigenvalue weighted by atomic mass is 9.97. The number of H-pyrrole nitrogens is 1. The molecule has 1 N–H and O–H groups in total. The Kier molecular flexibility index (Phi) is 6.17. The van der Waals surface area contributed by atoms with E-state index < -0.39 is 5.92 Å². The number of carbonyl (C=O) groups is 1. The lowest BCUT2D eigenvalue weighted by Gasteiger charge is -2.24. The van der Waals surface area contributed by atoms with Gasteiger partial charge in [0.2, 0.25) is 0 Å². The minimum absolute atomic E-state index is 0.227. The van der Waals surface area contributed by atoms with Crippen molar-refractivity contribution in [3.63, 3.8) is 0 Å². The van der Waals surface area contributed by atoms with Crippen LogP contribution in [-0.2, 0) is 9.53 Å². The van der Waals surface area contributed by atoms with Crippen molar-refractivity contribution in [1.82, 2.24) is 9.97 Å². The Balaban J connectivity index is 2.45. The maximum absolute atomic E-state index is 12.4. The van der Waals surface area contributed by atoms with Gasteiger partial charge in [-0.1, -0.05) is 29.3 Å². The van der Waals surface area contributed by atoms with Crippen LogP contribution in [0.1, 0.15) is 29.5 Å². The van der Waals surface area contributed by atoms with Gasteiger partial charge in [0.25, 0.3) is 0 Å². The Morgan fingerprint density at radius 2 is 2.23 bits per heavy atom. The summed E-state index contributed by atoms with van der Waals surface area (Å²) in [6, 6.07) is 5.27. The molecule has 2 unspecified atom stereocenters. The number of carbonyl (C=O) groups excluding carboxylic acids is 1. The maximum atomic E-state index is 12.4. The van der Waals surface area contributed by atoms with Gasteiger partial charge in [0.1, 0.15) is 11.7 Å². The highest BCUT2D eigenvalue weighted by Crippen LogP contribution is 2.43. The molecule has 118 valence electrons. The van der Waals surface area contributed by atoms with Gasteiger partial charge in [0.15, 0.2) is 0 Å². The molecule has 2 aromatic rings. The average Bonchev–Trinajstić information content (AvgIpc) is 2.99. The Labute approximate surface area is 143 Å². The number of nitrogens with zero attached hydrogens (tertiary/aromatic N) is 1. The number of aromatic amines is 1. The first-order chi connectivity index (χ1) is 10.6. The smallest absolute Gasteiger partial charge is 0.318 e. The van der Waals surface area contributed by atoms with E-state index in [-0.39, 0.29) is 11.2 Å². The van der Waals surface area contributed by atoms with Gasteiger partial charge in [-0.25, -0.2) is 4.98 Å². The molecule has 22 heavy (non-hydrogen) atoms. The maximum Gasteiger partial charge on any atom is 0.318 e. The topological polar surface area (TPSA) is 55.0 Å². The van der Waals surface area contributed by atoms with E-state index in [0.717, 1.165) is 5.56 Å². The summed E-state index contributed by atoms with van der Waals surface area (Å²) in [5.41, 5.74) is 0.827. The molecule has 0 radical (unpaired) electrons. The number of hydrogen-bond donors (Lipinski definition) is 1. The van der Waals surface area contributed by atoms with Gasteiger partial charge in [0.05, 0.1) is 11.9 Å². The third kappa shape index (κ3) is 3.77. The fourth-order valence-electron chi connectivity index (χ4n) is 2.23. The molecule has 2 atom stereocenters. The van der Waals surface area contributed by atoms with Crippen LogP contribution >= 0.6 is 35.0 Å². The lowest BCUT2D eigenvalue weighted by Crippen LogP contribution is -2.22. The van der Waals surface area contributed by atoms with Crippen molar-refractivity contribution in [3.05, 3.63) is 52.0 Å². The number of hydrogen-bond acceptors (Lipinski definition) is 4. The quantitative estimate of drug-likeness (QED) is 0.774. The van der Waals surface area contributed by atoms with Crippen molar-refractivity contribution in [1.29, 1.82) is 0 Å². The summed E-state index contributed by atoms with van der Waals surface area (Å²) in [5, 5.41) is 0.849. The zero-order chi connectivity index (χ0) is 16.1. The van der Waals surface area contributed by atoms with Crippen LogP contribution in [0.15, 0.2) is 30.6 Å². The Bertz CT molecular complexity index is 634. The summed E-state index contributed by atoms with van der Waals surface area (Å²) in [4.78, 5) is 19.6. The van der Waals surface area contributed by atoms with Crippen LogP contribution in [0.2, 0.25) is 10.0 Å². The van der Waals surface area contributed by atoms with E-state index >= 15 is 0 Å². The summed E-state index contributed by atoms with van der Waals surface area (Å²) in [5.74, 6) is -0.338. The van der Waals surface area contributed by atoms with Gasteiger partial charge in [-0.2, -0.15) is 11.8 Å². The van der Waals surface area contributed by atoms with E-state index in [0.29, 0.717) is 22.5 Å². The highest BCUT2D eigenvalue weighted by Gasteiger charge is 2.35. The fraction of sp³-hybridized carbons (Fsp3) is 0.333. The third-order valence-electron chi connectivity index (χ3n) is 3.18. The second kappa shape index (κ2) is 7.90. The molecule has 0 aliphatic rings. The monoisotopic (exact) mass is 358 g/mol. The second-order valence-electron chi connectivity index (χ2n) is 4.53. The van der Waals surface area contributed by atoms with Crippen LogP contribution in [0.3, 0.4) is 0 Å². The van der Waals surface area contributed by atoms with Gasteiger partial charge >= 0.3 is 5.97 Å². The molecule has 0 aliphatic carbocycles. The number of ether oxygens (including phenoxy) is 1. The van der Waals surface area contributed by atoms with Gasteiger partial charge < -0.3 is 9.72 Å². The zero-order valence-electron chi connectivity index (χ0n) is 12.2. The number of thioether (sulfide) groups is 1. The van der Waals surface area contributed by atoms with Crippen LogP contribution in [-0.4, -0.2) is 28.8 Å². The molecular formula is C15H16Cl2N2O2S. The van der Waals surface area contributed by atoms with Gasteiger partial charge in [-0.05, 0) is 30.9 Å². The molecule has 0 saturated heterocycles. The number of rotatable bonds is 6. The zero-order valence-corrected chi connectivity index (χ0v) is 14.5. The first kappa shape index (κ1) is 17.2. The number of imidazole rings is 1. The molecule has 1 aromatic carbocycles. The first-order valence-electron chi connectivity index (χ1n) is 6.72. The molecule has 4 nitrogen and oxygen atoms in total. The van der Waals surface area contributed by atoms with Crippen LogP contribution in [0.4, 0.5) is 0 Å². The molecule has 1 heterocycles. The molecule has 0 spiro atoms. The van der Waals surface area contributed by atoms with E-state index in [1.54, 1.807) is 31.5 Å². The summed E-state index contributed by atoms with van der Waals surface area (Å²) < 4.78 is 5.21. The van der Waals surface area contributed by atoms with Gasteiger partial charge in [0, 0.05) is 22.4 Å². The predicted molar refractivity (Wildman–Crippen MR) is 90.7 cm³/mol. The average molecular weight is 359 g/mol. The highest BCUT2D eigenvalue weighted by molar-refractivity contribution is 7.98. The first-order valence-corrected chi connectivity index (χ1v) is 8.76. The second-order valence-corrected chi connectivity index (χ2v) is 6.35. The van der Waals surface area contributed by atoms with Crippen molar-refractivity contribution in [3.8, 4) is 0 Å². The minimum Gasteiger partial charge on any atom is -0.465 e. The van der Waals surface area contributed by atoms with Crippen LogP contribution in [0.25, 0.3) is 0 Å². The summed E-state index contributed by atoms with van der Waals surface area (Å²) in [6.07, 6.45) is 5.22. The number of benzene rings is 1. The van der Waals surface area contributed by atoms with E-state index in [1.807, 2.05) is 12.3 Å². The normalized spacial score (nSPS) is 13.6. The molecule has 1 aromatic heterocycles. The molecule has 0 bridgehead atoms. The molecule has 0 fully saturated rings. The lowest BCUT2D eigenvalue weighted by molar-refractivity contribution is -0.145. The summed E-state index contributed by atoms with van der Waals surface area (Å²) in [6.45, 7) is 2.09. The Morgan fingerprint density at radius 1 is 1.45 bits per heavy atom. The number of aromatic nitrogens is 2. The number of halogens is 2. The summed E-state index contributed by atoms with van der Waals surface area (Å²) in [7, 11) is 0. The van der Waals surface area contributed by atoms with E-state index in [2.05, 4.69) is 9.97 Å². The molecule has 0 saturated carbocycles. The van der Waals surface area contributed by atoms with Crippen molar-refractivity contribution in [2.75, 3.05) is 12.9 Å². The van der Waals surface area contributed by atoms with Crippen LogP contribution < -0.4 is 0 Å². The number of esters is 1. The Hall–Kier alpha value is -1.17. The molecular weight excluding hydrogens is 343 g/mol. The molecule has 0 aliphatic heterocycles. The number of nitrogens with one attached hydrogen (secondary N) is 1. The third-order valence-corrected chi connectivity index (χ3v) is 4.78. The van der Waals surface area contributed by atoms with E-state index in [4.69, 9.17) is 27.9 Å². The van der Waals surface area contributed by atoms with Gasteiger partial charge in [-0.3, -0.25) is 4.79 Å². The van der Waals surface area contributed by atoms with Crippen LogP contribution in [0.5, 0.6) is 0 Å². The largest absolute Gasteiger partial charge is 0.465 e. The highest BCUT2D eigenvalue weighted by atomic mass is 35.5. The van der Waals surface area contributed by atoms with Crippen molar-refractivity contribution < 1.29 is 9.53 Å². The van der Waals surface area contributed by atoms with E-state index in [9.17, 15) is 4.79 Å². The SMILES string of the molecule is CCOC(=O)C(c1ncc[nH]1)C(SC)c1ccc(Cl)cc1Cl. The van der Waals surface area contributed by atoms with Crippen molar-refractivity contribution >= 4 is 40.9 Å². The predicted octanol–water partition coefficient (Wildman–Crippen LogP) is 4.47. The van der Waals surface area contributed by atoms with Gasteiger partial charge in [-0.15, -0.1) is 0 Å².